The van der Waals surface area contributed by atoms with Crippen molar-refractivity contribution in [3.63, 3.8) is 0 Å². The molecule has 2 amide bonds. The predicted octanol–water partition coefficient (Wildman–Crippen LogP) is 3.31. The number of aromatic carboxylic acids is 1. The van der Waals surface area contributed by atoms with Gasteiger partial charge in [0.2, 0.25) is 5.91 Å². The van der Waals surface area contributed by atoms with E-state index in [1.54, 1.807) is 71.9 Å². The van der Waals surface area contributed by atoms with E-state index in [9.17, 15) is 24.6 Å². The second-order valence-corrected chi connectivity index (χ2v) is 10.6. The van der Waals surface area contributed by atoms with Crippen LogP contribution in [0.25, 0.3) is 0 Å². The first-order valence-electron chi connectivity index (χ1n) is 13.6. The summed E-state index contributed by atoms with van der Waals surface area (Å²) in [5, 5.41) is 21.9. The second kappa shape index (κ2) is 13.4. The number of aliphatic hydroxyl groups excluding tert-OH is 1. The lowest BCUT2D eigenvalue weighted by Crippen LogP contribution is -2.47. The maximum atomic E-state index is 13.4. The molecular weight excluding hydrogens is 524 g/mol. The Morgan fingerprint density at radius 3 is 2.49 bits per heavy atom. The number of pyridine rings is 1. The van der Waals surface area contributed by atoms with E-state index < -0.39 is 5.97 Å². The van der Waals surface area contributed by atoms with Gasteiger partial charge in [0.15, 0.2) is 0 Å². The monoisotopic (exact) mass is 560 g/mol. The molecule has 3 atom stereocenters. The zero-order valence-corrected chi connectivity index (χ0v) is 23.5. The van der Waals surface area contributed by atoms with Crippen molar-refractivity contribution in [1.29, 1.82) is 0 Å². The van der Waals surface area contributed by atoms with Gasteiger partial charge in [0.1, 0.15) is 11.9 Å². The molecule has 1 aliphatic heterocycles. The molecule has 2 aromatic carbocycles. The number of carboxylic acid groups (broad SMARTS) is 1. The fourth-order valence-electron chi connectivity index (χ4n) is 4.87. The van der Waals surface area contributed by atoms with Crippen LogP contribution in [0.15, 0.2) is 67.0 Å². The molecule has 2 heterocycles. The minimum atomic E-state index is -0.965. The van der Waals surface area contributed by atoms with Gasteiger partial charge in [-0.15, -0.1) is 0 Å². The standard InChI is InChI=1S/C31H36N4O6/c1-20-16-35(21(2)19-36)29(37)15-25-14-26(33-30(38)23-10-12-32-13-11-23)8-9-27(25)41-28(20)18-34(3)17-22-4-6-24(7-5-22)31(39)40/h4-14,20-21,28,36H,15-19H2,1-3H3,(H,33,38)(H,39,40)/t20-,21+,28-/m0/s1. The molecule has 1 aromatic heterocycles. The number of hydrogen-bond donors (Lipinski definition) is 3. The van der Waals surface area contributed by atoms with Crippen LogP contribution in [-0.2, 0) is 17.8 Å². The summed E-state index contributed by atoms with van der Waals surface area (Å²) in [6, 6.07) is 14.9. The SMILES string of the molecule is C[C@H](CO)N1C[C@H](C)[C@H](CN(C)Cc2ccc(C(=O)O)cc2)Oc2ccc(NC(=O)c3ccncc3)cc2CC1=O. The van der Waals surface area contributed by atoms with E-state index in [1.807, 2.05) is 20.9 Å². The fourth-order valence-corrected chi connectivity index (χ4v) is 4.87. The molecule has 0 radical (unpaired) electrons. The van der Waals surface area contributed by atoms with Crippen LogP contribution >= 0.6 is 0 Å². The molecular formula is C31H36N4O6. The van der Waals surface area contributed by atoms with Crippen LogP contribution in [0.1, 0.15) is 45.7 Å². The number of carbonyl (C=O) groups excluding carboxylic acids is 2. The number of aliphatic hydroxyl groups is 1. The summed E-state index contributed by atoms with van der Waals surface area (Å²) in [5.74, 6) is -0.889. The lowest BCUT2D eigenvalue weighted by atomic mass is 10.0. The van der Waals surface area contributed by atoms with Gasteiger partial charge < -0.3 is 25.2 Å². The Labute approximate surface area is 239 Å². The summed E-state index contributed by atoms with van der Waals surface area (Å²) in [7, 11) is 1.96. The largest absolute Gasteiger partial charge is 0.488 e. The smallest absolute Gasteiger partial charge is 0.335 e. The Bertz CT molecular complexity index is 1360. The Hall–Kier alpha value is -4.28. The topological polar surface area (TPSA) is 132 Å². The highest BCUT2D eigenvalue weighted by Gasteiger charge is 2.31. The fraction of sp³-hybridized carbons (Fsp3) is 0.355. The predicted molar refractivity (Wildman–Crippen MR) is 154 cm³/mol. The first kappa shape index (κ1) is 29.7. The first-order chi connectivity index (χ1) is 19.6. The zero-order valence-electron chi connectivity index (χ0n) is 23.5. The number of ether oxygens (including phenoxy) is 1. The van der Waals surface area contributed by atoms with Crippen LogP contribution in [-0.4, -0.2) is 81.7 Å². The lowest BCUT2D eigenvalue weighted by Gasteiger charge is -2.34. The van der Waals surface area contributed by atoms with Gasteiger partial charge in [0.05, 0.1) is 24.6 Å². The van der Waals surface area contributed by atoms with Gasteiger partial charge >= 0.3 is 5.97 Å². The number of anilines is 1. The number of benzene rings is 2. The average Bonchev–Trinajstić information content (AvgIpc) is 3.00. The highest BCUT2D eigenvalue weighted by molar-refractivity contribution is 6.04. The Morgan fingerprint density at radius 1 is 1.12 bits per heavy atom. The Kier molecular flexibility index (Phi) is 9.69. The third-order valence-electron chi connectivity index (χ3n) is 7.26. The second-order valence-electron chi connectivity index (χ2n) is 10.6. The highest BCUT2D eigenvalue weighted by atomic mass is 16.5. The van der Waals surface area contributed by atoms with Crippen molar-refractivity contribution in [1.82, 2.24) is 14.8 Å². The lowest BCUT2D eigenvalue weighted by molar-refractivity contribution is -0.134. The molecule has 0 unspecified atom stereocenters. The van der Waals surface area contributed by atoms with Gasteiger partial charge in [-0.1, -0.05) is 19.1 Å². The van der Waals surface area contributed by atoms with Crippen LogP contribution in [0.5, 0.6) is 5.75 Å². The molecule has 3 N–H and O–H groups in total. The van der Waals surface area contributed by atoms with Crippen LogP contribution in [0.3, 0.4) is 0 Å². The van der Waals surface area contributed by atoms with E-state index in [4.69, 9.17) is 4.74 Å². The first-order valence-corrected chi connectivity index (χ1v) is 13.6. The maximum absolute atomic E-state index is 13.4. The van der Waals surface area contributed by atoms with E-state index in [0.29, 0.717) is 42.2 Å². The van der Waals surface area contributed by atoms with Crippen molar-refractivity contribution < 1.29 is 29.3 Å². The third kappa shape index (κ3) is 7.68. The van der Waals surface area contributed by atoms with Crippen molar-refractivity contribution in [2.24, 2.45) is 5.92 Å². The molecule has 3 aromatic rings. The van der Waals surface area contributed by atoms with Crippen LogP contribution in [0, 0.1) is 5.92 Å². The van der Waals surface area contributed by atoms with Crippen LogP contribution < -0.4 is 10.1 Å². The molecule has 216 valence electrons. The normalized spacial score (nSPS) is 18.0. The zero-order chi connectivity index (χ0) is 29.5. The Balaban J connectivity index is 1.57. The molecule has 10 nitrogen and oxygen atoms in total. The maximum Gasteiger partial charge on any atom is 0.335 e. The summed E-state index contributed by atoms with van der Waals surface area (Å²) in [6.07, 6.45) is 2.86. The summed E-state index contributed by atoms with van der Waals surface area (Å²) >= 11 is 0. The van der Waals surface area contributed by atoms with Crippen molar-refractivity contribution in [3.05, 3.63) is 89.2 Å². The van der Waals surface area contributed by atoms with E-state index in [1.165, 1.54) is 0 Å². The number of carbonyl (C=O) groups is 3. The molecule has 0 aliphatic carbocycles. The summed E-state index contributed by atoms with van der Waals surface area (Å²) in [5.41, 5.74) is 2.85. The van der Waals surface area contributed by atoms with E-state index >= 15 is 0 Å². The molecule has 4 rings (SSSR count). The number of nitrogens with zero attached hydrogens (tertiary/aromatic N) is 3. The molecule has 0 saturated carbocycles. The van der Waals surface area contributed by atoms with Crippen LogP contribution in [0.4, 0.5) is 5.69 Å². The summed E-state index contributed by atoms with van der Waals surface area (Å²) in [4.78, 5) is 45.1. The number of likely N-dealkylation sites (N-methyl/N-ethyl adjacent to an activating group) is 1. The van der Waals surface area contributed by atoms with Gasteiger partial charge in [0.25, 0.3) is 5.91 Å². The number of rotatable bonds is 9. The number of hydrogen-bond acceptors (Lipinski definition) is 7. The van der Waals surface area contributed by atoms with Crippen molar-refractivity contribution in [2.75, 3.05) is 32.1 Å². The average molecular weight is 561 g/mol. The molecule has 0 spiro atoms. The molecule has 0 fully saturated rings. The van der Waals surface area contributed by atoms with E-state index in [0.717, 1.165) is 5.56 Å². The van der Waals surface area contributed by atoms with Gasteiger partial charge in [-0.3, -0.25) is 19.5 Å². The molecule has 0 saturated heterocycles. The van der Waals surface area contributed by atoms with E-state index in [2.05, 4.69) is 15.2 Å². The minimum absolute atomic E-state index is 0.0594. The number of amides is 2. The number of fused-ring (bicyclic) bond motifs is 1. The van der Waals surface area contributed by atoms with Crippen LogP contribution in [0.2, 0.25) is 0 Å². The number of aromatic nitrogens is 1. The van der Waals surface area contributed by atoms with Gasteiger partial charge in [-0.2, -0.15) is 0 Å². The van der Waals surface area contributed by atoms with Crippen molar-refractivity contribution in [2.45, 2.75) is 39.0 Å². The van der Waals surface area contributed by atoms with Crippen molar-refractivity contribution in [3.8, 4) is 5.75 Å². The molecule has 41 heavy (non-hydrogen) atoms. The van der Waals surface area contributed by atoms with Crippen molar-refractivity contribution >= 4 is 23.5 Å². The third-order valence-corrected chi connectivity index (χ3v) is 7.26. The van der Waals surface area contributed by atoms with Gasteiger partial charge in [-0.05, 0) is 62.0 Å². The Morgan fingerprint density at radius 2 is 1.83 bits per heavy atom. The summed E-state index contributed by atoms with van der Waals surface area (Å²) in [6.45, 7) is 5.21. The minimum Gasteiger partial charge on any atom is -0.488 e. The van der Waals surface area contributed by atoms with E-state index in [-0.39, 0.29) is 48.5 Å². The molecule has 10 heteroatoms. The summed E-state index contributed by atoms with van der Waals surface area (Å²) < 4.78 is 6.56. The molecule has 0 bridgehead atoms. The number of nitrogens with one attached hydrogen (secondary N) is 1. The van der Waals surface area contributed by atoms with Gasteiger partial charge in [-0.25, -0.2) is 4.79 Å². The van der Waals surface area contributed by atoms with Gasteiger partial charge in [0, 0.05) is 54.8 Å². The highest BCUT2D eigenvalue weighted by Crippen LogP contribution is 2.29. The quantitative estimate of drug-likeness (QED) is 0.363. The number of carboxylic acids is 1. The molecule has 1 aliphatic rings.